The van der Waals surface area contributed by atoms with Crippen LogP contribution < -0.4 is 0 Å². The average Bonchev–Trinajstić information content (AvgIpc) is 2.74. The number of carbonyl (C=O) groups excluding carboxylic acids is 2. The van der Waals surface area contributed by atoms with Crippen LogP contribution in [0.4, 0.5) is 65.9 Å². The number of esters is 2. The van der Waals surface area contributed by atoms with Crippen LogP contribution in [0.1, 0.15) is 33.6 Å². The highest BCUT2D eigenvalue weighted by atomic mass is 19.4. The van der Waals surface area contributed by atoms with Crippen LogP contribution in [0.15, 0.2) is 23.8 Å². The molecule has 0 radical (unpaired) electrons. The van der Waals surface area contributed by atoms with Gasteiger partial charge in [-0.15, -0.1) is 0 Å². The molecule has 0 aromatic carbocycles. The van der Waals surface area contributed by atoms with Gasteiger partial charge in [0.15, 0.2) is 0 Å². The van der Waals surface area contributed by atoms with E-state index in [4.69, 9.17) is 0 Å². The topological polar surface area (TPSA) is 52.6 Å². The first kappa shape index (κ1) is 36.4. The first-order chi connectivity index (χ1) is 17.1. The van der Waals surface area contributed by atoms with E-state index in [2.05, 4.69) is 16.1 Å². The second-order valence-corrected chi connectivity index (χ2v) is 7.99. The van der Waals surface area contributed by atoms with E-state index in [0.29, 0.717) is 0 Å². The van der Waals surface area contributed by atoms with E-state index in [1.54, 1.807) is 0 Å². The van der Waals surface area contributed by atoms with E-state index in [9.17, 15) is 75.4 Å². The number of hydrogen-bond acceptors (Lipinski definition) is 4. The summed E-state index contributed by atoms with van der Waals surface area (Å²) in [6, 6.07) is 0. The Morgan fingerprint density at radius 1 is 0.744 bits per heavy atom. The normalized spacial score (nSPS) is 15.6. The number of carbonyl (C=O) groups is 2. The van der Waals surface area contributed by atoms with Gasteiger partial charge in [0.05, 0.1) is 6.42 Å². The Balaban J connectivity index is 6.69. The van der Waals surface area contributed by atoms with Crippen LogP contribution in [0.25, 0.3) is 0 Å². The van der Waals surface area contributed by atoms with Gasteiger partial charge in [-0.05, 0) is 20.3 Å². The fourth-order valence-electron chi connectivity index (χ4n) is 2.63. The Bertz CT molecular complexity index is 934. The van der Waals surface area contributed by atoms with E-state index in [1.807, 2.05) is 0 Å². The van der Waals surface area contributed by atoms with Crippen LogP contribution in [0.2, 0.25) is 0 Å². The lowest BCUT2D eigenvalue weighted by atomic mass is 9.85. The zero-order chi connectivity index (χ0) is 31.6. The van der Waals surface area contributed by atoms with Crippen LogP contribution in [0.3, 0.4) is 0 Å². The molecule has 0 aliphatic carbocycles. The molecule has 19 heteroatoms. The molecule has 1 unspecified atom stereocenters. The Morgan fingerprint density at radius 2 is 1.18 bits per heavy atom. The van der Waals surface area contributed by atoms with E-state index >= 15 is 0 Å². The highest BCUT2D eigenvalue weighted by Crippen LogP contribution is 2.64. The summed E-state index contributed by atoms with van der Waals surface area (Å²) in [5.74, 6) is -34.7. The maximum atomic E-state index is 14.3. The standard InChI is InChI=1S/C20H19F15O4/c1-5-6-10(4)13(37)39-11(8-38-12(36)9(2)3)7-14(21,22)16(24,25)18(28,29)17(26,27)15(23,19(30,31)32)20(33,34)35/h6,11H,2,5,7-8H2,1,3-4H3. The Morgan fingerprint density at radius 3 is 1.54 bits per heavy atom. The highest BCUT2D eigenvalue weighted by Gasteiger charge is 2.95. The molecular weight excluding hydrogens is 589 g/mol. The number of halogens is 15. The van der Waals surface area contributed by atoms with Gasteiger partial charge in [-0.1, -0.05) is 19.6 Å². The maximum absolute atomic E-state index is 14.3. The fraction of sp³-hybridized carbons (Fsp3) is 0.700. The Kier molecular flexibility index (Phi) is 10.7. The van der Waals surface area contributed by atoms with Crippen molar-refractivity contribution in [2.24, 2.45) is 0 Å². The summed E-state index contributed by atoms with van der Waals surface area (Å²) in [6.45, 7) is 4.68. The van der Waals surface area contributed by atoms with Crippen molar-refractivity contribution in [1.29, 1.82) is 0 Å². The van der Waals surface area contributed by atoms with Gasteiger partial charge in [-0.25, -0.2) is 14.0 Å². The molecule has 0 rings (SSSR count). The summed E-state index contributed by atoms with van der Waals surface area (Å²) >= 11 is 0. The smallest absolute Gasteiger partial charge is 0.438 e. The first-order valence-electron chi connectivity index (χ1n) is 10.1. The molecule has 0 fully saturated rings. The molecule has 0 bridgehead atoms. The van der Waals surface area contributed by atoms with Crippen molar-refractivity contribution in [3.63, 3.8) is 0 Å². The molecule has 228 valence electrons. The highest BCUT2D eigenvalue weighted by molar-refractivity contribution is 5.88. The summed E-state index contributed by atoms with van der Waals surface area (Å²) < 4.78 is 210. The van der Waals surface area contributed by atoms with Crippen molar-refractivity contribution >= 4 is 11.9 Å². The monoisotopic (exact) mass is 608 g/mol. The van der Waals surface area contributed by atoms with Gasteiger partial charge in [0, 0.05) is 11.1 Å². The maximum Gasteiger partial charge on any atom is 0.438 e. The average molecular weight is 608 g/mol. The van der Waals surface area contributed by atoms with Gasteiger partial charge in [0.25, 0.3) is 0 Å². The molecule has 0 amide bonds. The third kappa shape index (κ3) is 6.75. The predicted octanol–water partition coefficient (Wildman–Crippen LogP) is 7.14. The lowest BCUT2D eigenvalue weighted by molar-refractivity contribution is -0.457. The number of ether oxygens (including phenoxy) is 2. The van der Waals surface area contributed by atoms with Crippen molar-refractivity contribution in [3.05, 3.63) is 23.8 Å². The minimum absolute atomic E-state index is 0.0785. The SMILES string of the molecule is C=C(C)C(=O)OCC(CC(F)(F)C(F)(F)C(F)(F)C(F)(F)C(F)(C(F)(F)F)C(F)(F)F)OC(=O)C(C)=CCC. The largest absolute Gasteiger partial charge is 0.458 e. The van der Waals surface area contributed by atoms with E-state index in [0.717, 1.165) is 19.9 Å². The van der Waals surface area contributed by atoms with E-state index in [1.165, 1.54) is 6.92 Å². The van der Waals surface area contributed by atoms with Crippen molar-refractivity contribution < 1.29 is 84.9 Å². The summed E-state index contributed by atoms with van der Waals surface area (Å²) in [7, 11) is 0. The molecule has 0 saturated heterocycles. The summed E-state index contributed by atoms with van der Waals surface area (Å²) in [5, 5.41) is 0. The van der Waals surface area contributed by atoms with Gasteiger partial charge in [-0.2, -0.15) is 61.5 Å². The molecule has 39 heavy (non-hydrogen) atoms. The molecule has 0 saturated carbocycles. The lowest BCUT2D eigenvalue weighted by Crippen LogP contribution is -2.75. The summed E-state index contributed by atoms with van der Waals surface area (Å²) in [4.78, 5) is 23.4. The van der Waals surface area contributed by atoms with Gasteiger partial charge in [0.2, 0.25) is 0 Å². The van der Waals surface area contributed by atoms with E-state index in [-0.39, 0.29) is 6.42 Å². The van der Waals surface area contributed by atoms with Crippen molar-refractivity contribution in [2.75, 3.05) is 6.61 Å². The van der Waals surface area contributed by atoms with Crippen molar-refractivity contribution in [2.45, 2.75) is 81.4 Å². The second-order valence-electron chi connectivity index (χ2n) is 7.99. The Hall–Kier alpha value is -2.63. The molecule has 0 spiro atoms. The molecule has 0 aliphatic rings. The van der Waals surface area contributed by atoms with Crippen LogP contribution in [-0.4, -0.2) is 66.4 Å². The van der Waals surface area contributed by atoms with Gasteiger partial charge in [-0.3, -0.25) is 0 Å². The minimum Gasteiger partial charge on any atom is -0.458 e. The number of hydrogen-bond donors (Lipinski definition) is 0. The van der Waals surface area contributed by atoms with Crippen LogP contribution >= 0.6 is 0 Å². The van der Waals surface area contributed by atoms with Crippen LogP contribution in [0, 0.1) is 0 Å². The quantitative estimate of drug-likeness (QED) is 0.134. The molecule has 4 nitrogen and oxygen atoms in total. The zero-order valence-corrected chi connectivity index (χ0v) is 19.8. The van der Waals surface area contributed by atoms with Gasteiger partial charge in [0.1, 0.15) is 12.7 Å². The molecule has 1 atom stereocenters. The molecular formula is C20H19F15O4. The van der Waals surface area contributed by atoms with Crippen LogP contribution in [-0.2, 0) is 19.1 Å². The van der Waals surface area contributed by atoms with Crippen molar-refractivity contribution in [3.8, 4) is 0 Å². The third-order valence-corrected chi connectivity index (χ3v) is 4.80. The number of rotatable bonds is 12. The Labute approximate surface area is 209 Å². The molecule has 0 aliphatic heterocycles. The predicted molar refractivity (Wildman–Crippen MR) is 100 cm³/mol. The minimum atomic E-state index is -8.58. The van der Waals surface area contributed by atoms with E-state index < -0.39 is 83.9 Å². The molecule has 0 heterocycles. The molecule has 0 aromatic rings. The van der Waals surface area contributed by atoms with Crippen LogP contribution in [0.5, 0.6) is 0 Å². The summed E-state index contributed by atoms with van der Waals surface area (Å²) in [6.07, 6.45) is -20.9. The summed E-state index contributed by atoms with van der Waals surface area (Å²) in [5.41, 5.74) is -9.34. The zero-order valence-electron chi connectivity index (χ0n) is 19.8. The fourth-order valence-corrected chi connectivity index (χ4v) is 2.63. The number of allylic oxidation sites excluding steroid dienone is 1. The first-order valence-corrected chi connectivity index (χ1v) is 10.1. The van der Waals surface area contributed by atoms with Crippen molar-refractivity contribution in [1.82, 2.24) is 0 Å². The second kappa shape index (κ2) is 11.5. The third-order valence-electron chi connectivity index (χ3n) is 4.80. The molecule has 0 N–H and O–H groups in total. The molecule has 0 aromatic heterocycles. The van der Waals surface area contributed by atoms with Gasteiger partial charge >= 0.3 is 53.7 Å². The lowest BCUT2D eigenvalue weighted by Gasteiger charge is -2.43. The number of alkyl halides is 15. The van der Waals surface area contributed by atoms with Gasteiger partial charge < -0.3 is 9.47 Å².